The van der Waals surface area contributed by atoms with Gasteiger partial charge in [-0.15, -0.1) is 0 Å². The fourth-order valence-electron chi connectivity index (χ4n) is 2.24. The smallest absolute Gasteiger partial charge is 0.335 e. The van der Waals surface area contributed by atoms with Crippen molar-refractivity contribution >= 4 is 17.8 Å². The SMILES string of the molecule is C[C@H]1CCC/C(=C\c2ccc(C(=O)O)cc2)C1=O. The molecule has 0 aliphatic heterocycles. The van der Waals surface area contributed by atoms with E-state index in [1.165, 1.54) is 0 Å². The summed E-state index contributed by atoms with van der Waals surface area (Å²) in [5.74, 6) is -0.594. The van der Waals surface area contributed by atoms with Gasteiger partial charge in [0.2, 0.25) is 0 Å². The van der Waals surface area contributed by atoms with E-state index in [2.05, 4.69) is 0 Å². The molecule has 0 aromatic heterocycles. The van der Waals surface area contributed by atoms with Crippen molar-refractivity contribution < 1.29 is 14.7 Å². The lowest BCUT2D eigenvalue weighted by molar-refractivity contribution is -0.119. The standard InChI is InChI=1S/C15H16O3/c1-10-3-2-4-13(14(10)16)9-11-5-7-12(8-6-11)15(17)18/h5-10H,2-4H2,1H3,(H,17,18)/b13-9+/t10-/m0/s1. The van der Waals surface area contributed by atoms with Gasteiger partial charge >= 0.3 is 5.97 Å². The summed E-state index contributed by atoms with van der Waals surface area (Å²) in [5.41, 5.74) is 2.01. The summed E-state index contributed by atoms with van der Waals surface area (Å²) in [7, 11) is 0. The van der Waals surface area contributed by atoms with Crippen molar-refractivity contribution in [2.75, 3.05) is 0 Å². The molecular formula is C15H16O3. The second-order valence-corrected chi connectivity index (χ2v) is 4.75. The first-order chi connectivity index (χ1) is 8.58. The van der Waals surface area contributed by atoms with Gasteiger partial charge in [0.15, 0.2) is 5.78 Å². The molecule has 0 spiro atoms. The maximum atomic E-state index is 11.9. The molecule has 0 heterocycles. The Labute approximate surface area is 106 Å². The summed E-state index contributed by atoms with van der Waals surface area (Å²) in [6.07, 6.45) is 4.72. The van der Waals surface area contributed by atoms with Gasteiger partial charge in [-0.25, -0.2) is 4.79 Å². The highest BCUT2D eigenvalue weighted by Crippen LogP contribution is 2.26. The summed E-state index contributed by atoms with van der Waals surface area (Å²) >= 11 is 0. The molecular weight excluding hydrogens is 228 g/mol. The number of carboxylic acid groups (broad SMARTS) is 1. The lowest BCUT2D eigenvalue weighted by atomic mass is 9.84. The van der Waals surface area contributed by atoms with E-state index in [0.717, 1.165) is 30.4 Å². The zero-order chi connectivity index (χ0) is 13.1. The Kier molecular flexibility index (Phi) is 3.60. The zero-order valence-electron chi connectivity index (χ0n) is 10.3. The van der Waals surface area contributed by atoms with Crippen molar-refractivity contribution in [2.45, 2.75) is 26.2 Å². The van der Waals surface area contributed by atoms with Crippen LogP contribution in [-0.2, 0) is 4.79 Å². The van der Waals surface area contributed by atoms with Crippen LogP contribution in [0.2, 0.25) is 0 Å². The van der Waals surface area contributed by atoms with Crippen LogP contribution in [0.15, 0.2) is 29.8 Å². The van der Waals surface area contributed by atoms with Crippen LogP contribution in [0, 0.1) is 5.92 Å². The molecule has 2 rings (SSSR count). The molecule has 3 heteroatoms. The number of hydrogen-bond donors (Lipinski definition) is 1. The summed E-state index contributed by atoms with van der Waals surface area (Å²) in [5, 5.41) is 8.80. The molecule has 0 amide bonds. The average Bonchev–Trinajstić information content (AvgIpc) is 2.36. The van der Waals surface area contributed by atoms with Crippen molar-refractivity contribution in [3.63, 3.8) is 0 Å². The zero-order valence-corrected chi connectivity index (χ0v) is 10.3. The number of benzene rings is 1. The fraction of sp³-hybridized carbons (Fsp3) is 0.333. The summed E-state index contributed by atoms with van der Waals surface area (Å²) < 4.78 is 0. The molecule has 0 unspecified atom stereocenters. The largest absolute Gasteiger partial charge is 0.478 e. The number of carbonyl (C=O) groups excluding carboxylic acids is 1. The van der Waals surface area contributed by atoms with Gasteiger partial charge in [0.1, 0.15) is 0 Å². The van der Waals surface area contributed by atoms with Crippen molar-refractivity contribution in [3.05, 3.63) is 41.0 Å². The minimum absolute atomic E-state index is 0.114. The first-order valence-electron chi connectivity index (χ1n) is 6.16. The topological polar surface area (TPSA) is 54.4 Å². The highest BCUT2D eigenvalue weighted by Gasteiger charge is 2.22. The number of allylic oxidation sites excluding steroid dienone is 1. The maximum absolute atomic E-state index is 11.9. The Morgan fingerprint density at radius 3 is 2.61 bits per heavy atom. The van der Waals surface area contributed by atoms with Gasteiger partial charge in [0, 0.05) is 5.92 Å². The molecule has 1 aliphatic rings. The van der Waals surface area contributed by atoms with Gasteiger partial charge in [-0.05, 0) is 48.6 Å². The average molecular weight is 244 g/mol. The number of ketones is 1. The predicted octanol–water partition coefficient (Wildman–Crippen LogP) is 3.16. The third kappa shape index (κ3) is 2.67. The normalized spacial score (nSPS) is 22.2. The minimum atomic E-state index is -0.934. The molecule has 1 aromatic carbocycles. The molecule has 1 N–H and O–H groups in total. The van der Waals surface area contributed by atoms with Crippen LogP contribution in [-0.4, -0.2) is 16.9 Å². The maximum Gasteiger partial charge on any atom is 0.335 e. The molecule has 1 fully saturated rings. The van der Waals surface area contributed by atoms with Crippen molar-refractivity contribution in [2.24, 2.45) is 5.92 Å². The number of aromatic carboxylic acids is 1. The summed E-state index contributed by atoms with van der Waals surface area (Å²) in [6.45, 7) is 1.96. The van der Waals surface area contributed by atoms with Gasteiger partial charge in [-0.1, -0.05) is 19.1 Å². The Morgan fingerprint density at radius 1 is 1.33 bits per heavy atom. The van der Waals surface area contributed by atoms with E-state index in [1.807, 2.05) is 13.0 Å². The highest BCUT2D eigenvalue weighted by atomic mass is 16.4. The van der Waals surface area contributed by atoms with Gasteiger partial charge in [-0.3, -0.25) is 4.79 Å². The molecule has 0 bridgehead atoms. The second kappa shape index (κ2) is 5.17. The Balaban J connectivity index is 2.22. The van der Waals surface area contributed by atoms with Gasteiger partial charge in [-0.2, -0.15) is 0 Å². The quantitative estimate of drug-likeness (QED) is 0.813. The Bertz CT molecular complexity index is 497. The van der Waals surface area contributed by atoms with Crippen LogP contribution < -0.4 is 0 Å². The molecule has 1 aliphatic carbocycles. The molecule has 1 atom stereocenters. The van der Waals surface area contributed by atoms with Crippen LogP contribution >= 0.6 is 0 Å². The van der Waals surface area contributed by atoms with Crippen LogP contribution in [0.4, 0.5) is 0 Å². The van der Waals surface area contributed by atoms with Crippen LogP contribution in [0.25, 0.3) is 6.08 Å². The summed E-state index contributed by atoms with van der Waals surface area (Å²) in [6, 6.07) is 6.60. The second-order valence-electron chi connectivity index (χ2n) is 4.75. The summed E-state index contributed by atoms with van der Waals surface area (Å²) in [4.78, 5) is 22.7. The molecule has 1 aromatic rings. The number of carboxylic acids is 1. The Morgan fingerprint density at radius 2 is 2.00 bits per heavy atom. The number of rotatable bonds is 2. The molecule has 0 radical (unpaired) electrons. The molecule has 1 saturated carbocycles. The van der Waals surface area contributed by atoms with E-state index >= 15 is 0 Å². The van der Waals surface area contributed by atoms with Crippen LogP contribution in [0.5, 0.6) is 0 Å². The molecule has 18 heavy (non-hydrogen) atoms. The third-order valence-corrected chi connectivity index (χ3v) is 3.35. The first kappa shape index (κ1) is 12.6. The van der Waals surface area contributed by atoms with Crippen molar-refractivity contribution in [3.8, 4) is 0 Å². The molecule has 94 valence electrons. The third-order valence-electron chi connectivity index (χ3n) is 3.35. The van der Waals surface area contributed by atoms with E-state index in [9.17, 15) is 9.59 Å². The van der Waals surface area contributed by atoms with E-state index in [1.54, 1.807) is 24.3 Å². The lowest BCUT2D eigenvalue weighted by Crippen LogP contribution is -2.18. The van der Waals surface area contributed by atoms with E-state index < -0.39 is 5.97 Å². The predicted molar refractivity (Wildman–Crippen MR) is 69.4 cm³/mol. The Hall–Kier alpha value is -1.90. The molecule has 0 saturated heterocycles. The van der Waals surface area contributed by atoms with E-state index in [4.69, 9.17) is 5.11 Å². The van der Waals surface area contributed by atoms with Crippen molar-refractivity contribution in [1.82, 2.24) is 0 Å². The number of Topliss-reactive ketones (excluding diaryl/α,β-unsaturated/α-hetero) is 1. The highest BCUT2D eigenvalue weighted by molar-refractivity contribution is 6.01. The fourth-order valence-corrected chi connectivity index (χ4v) is 2.24. The number of carbonyl (C=O) groups is 2. The van der Waals surface area contributed by atoms with Gasteiger partial charge in [0.25, 0.3) is 0 Å². The van der Waals surface area contributed by atoms with Gasteiger partial charge in [0.05, 0.1) is 5.56 Å². The van der Waals surface area contributed by atoms with E-state index in [0.29, 0.717) is 0 Å². The van der Waals surface area contributed by atoms with E-state index in [-0.39, 0.29) is 17.3 Å². The molecule has 3 nitrogen and oxygen atoms in total. The first-order valence-corrected chi connectivity index (χ1v) is 6.16. The number of hydrogen-bond acceptors (Lipinski definition) is 2. The minimum Gasteiger partial charge on any atom is -0.478 e. The monoisotopic (exact) mass is 244 g/mol. The van der Waals surface area contributed by atoms with Crippen molar-refractivity contribution in [1.29, 1.82) is 0 Å². The van der Waals surface area contributed by atoms with Crippen LogP contribution in [0.3, 0.4) is 0 Å². The lowest BCUT2D eigenvalue weighted by Gasteiger charge is -2.19. The van der Waals surface area contributed by atoms with Crippen LogP contribution in [0.1, 0.15) is 42.1 Å². The van der Waals surface area contributed by atoms with Gasteiger partial charge < -0.3 is 5.11 Å².